The number of hydrogen-bond acceptors (Lipinski definition) is 4. The van der Waals surface area contributed by atoms with Gasteiger partial charge in [-0.05, 0) is 66.7 Å². The Hall–Kier alpha value is -6.49. The number of fused-ring (bicyclic) bond motifs is 11. The minimum absolute atomic E-state index is 0.658. The zero-order valence-electron chi connectivity index (χ0n) is 27.3. The van der Waals surface area contributed by atoms with Crippen LogP contribution in [0.25, 0.3) is 108 Å². The van der Waals surface area contributed by atoms with Crippen LogP contribution in [0.4, 0.5) is 0 Å². The highest BCUT2D eigenvalue weighted by atomic mass is 32.1. The van der Waals surface area contributed by atoms with Crippen molar-refractivity contribution in [1.29, 1.82) is 0 Å². The number of hydrogen-bond donors (Lipinski definition) is 0. The van der Waals surface area contributed by atoms with Gasteiger partial charge in [0.05, 0.1) is 0 Å². The summed E-state index contributed by atoms with van der Waals surface area (Å²) in [5.74, 6) is 1.99. The summed E-state index contributed by atoms with van der Waals surface area (Å²) in [7, 11) is 0. The topological polar surface area (TPSA) is 38.7 Å². The predicted molar refractivity (Wildman–Crippen MR) is 217 cm³/mol. The van der Waals surface area contributed by atoms with E-state index in [0.29, 0.717) is 17.5 Å². The third-order valence-corrected chi connectivity index (χ3v) is 11.5. The van der Waals surface area contributed by atoms with E-state index >= 15 is 0 Å². The van der Waals surface area contributed by atoms with Gasteiger partial charge in [0.1, 0.15) is 0 Å². The zero-order chi connectivity index (χ0) is 33.5. The van der Waals surface area contributed by atoms with Crippen LogP contribution in [0, 0.1) is 0 Å². The van der Waals surface area contributed by atoms with Crippen molar-refractivity contribution in [3.05, 3.63) is 164 Å². The van der Waals surface area contributed by atoms with Gasteiger partial charge in [-0.3, -0.25) is 0 Å². The van der Waals surface area contributed by atoms with Crippen molar-refractivity contribution in [1.82, 2.24) is 15.0 Å². The highest BCUT2D eigenvalue weighted by Crippen LogP contribution is 2.47. The Morgan fingerprint density at radius 1 is 0.314 bits per heavy atom. The Kier molecular flexibility index (Phi) is 6.12. The summed E-state index contributed by atoms with van der Waals surface area (Å²) in [5.41, 5.74) is 2.94. The maximum absolute atomic E-state index is 5.32. The van der Waals surface area contributed by atoms with Crippen LogP contribution in [0.1, 0.15) is 0 Å². The van der Waals surface area contributed by atoms with E-state index in [1.807, 2.05) is 11.3 Å². The molecule has 11 aromatic rings. The van der Waals surface area contributed by atoms with E-state index in [1.165, 1.54) is 63.3 Å². The summed E-state index contributed by atoms with van der Waals surface area (Å²) in [5, 5.41) is 14.5. The molecule has 0 aliphatic carbocycles. The van der Waals surface area contributed by atoms with Crippen molar-refractivity contribution >= 4 is 85.4 Å². The molecule has 3 nitrogen and oxygen atoms in total. The lowest BCUT2D eigenvalue weighted by Gasteiger charge is -2.13. The molecule has 11 rings (SSSR count). The monoisotopic (exact) mass is 665 g/mol. The highest BCUT2D eigenvalue weighted by molar-refractivity contribution is 7.27. The second kappa shape index (κ2) is 11.0. The smallest absolute Gasteiger partial charge is 0.164 e. The van der Waals surface area contributed by atoms with Gasteiger partial charge in [-0.25, -0.2) is 15.0 Å². The SMILES string of the molecule is c1ccc2cc(-c3nc(-c4ccc5ccccc5c4)nc(-c4cc5ccc6ccccc6c5c5sc6c7ccccc7ccc6c45)n3)ccc2c1. The summed E-state index contributed by atoms with van der Waals surface area (Å²) in [6.45, 7) is 0. The molecule has 2 heterocycles. The van der Waals surface area contributed by atoms with E-state index in [9.17, 15) is 0 Å². The number of nitrogens with zero attached hydrogens (tertiary/aromatic N) is 3. The number of rotatable bonds is 3. The molecule has 0 saturated carbocycles. The van der Waals surface area contributed by atoms with Crippen molar-refractivity contribution < 1.29 is 0 Å². The maximum Gasteiger partial charge on any atom is 0.164 e. The van der Waals surface area contributed by atoms with E-state index in [-0.39, 0.29) is 0 Å². The van der Waals surface area contributed by atoms with Crippen molar-refractivity contribution in [3.8, 4) is 34.2 Å². The molecule has 0 aliphatic rings. The molecular formula is C47H27N3S. The molecule has 2 aromatic heterocycles. The van der Waals surface area contributed by atoms with Gasteiger partial charge in [-0.1, -0.05) is 146 Å². The Labute approximate surface area is 297 Å². The maximum atomic E-state index is 5.32. The molecule has 51 heavy (non-hydrogen) atoms. The summed E-state index contributed by atoms with van der Waals surface area (Å²) < 4.78 is 2.54. The molecule has 236 valence electrons. The average Bonchev–Trinajstić information content (AvgIpc) is 3.60. The van der Waals surface area contributed by atoms with Crippen LogP contribution < -0.4 is 0 Å². The molecular weight excluding hydrogens is 639 g/mol. The van der Waals surface area contributed by atoms with Crippen LogP contribution in [0.3, 0.4) is 0 Å². The summed E-state index contributed by atoms with van der Waals surface area (Å²) in [4.78, 5) is 15.8. The fourth-order valence-corrected chi connectivity index (χ4v) is 9.18. The van der Waals surface area contributed by atoms with Gasteiger partial charge in [-0.2, -0.15) is 0 Å². The van der Waals surface area contributed by atoms with E-state index in [2.05, 4.69) is 164 Å². The van der Waals surface area contributed by atoms with E-state index in [1.54, 1.807) is 0 Å². The minimum Gasteiger partial charge on any atom is -0.208 e. The van der Waals surface area contributed by atoms with Crippen LogP contribution in [-0.4, -0.2) is 15.0 Å². The molecule has 0 atom stereocenters. The zero-order valence-corrected chi connectivity index (χ0v) is 28.2. The third kappa shape index (κ3) is 4.47. The van der Waals surface area contributed by atoms with Crippen LogP contribution in [-0.2, 0) is 0 Å². The first kappa shape index (κ1) is 28.4. The van der Waals surface area contributed by atoms with Gasteiger partial charge in [0.15, 0.2) is 17.5 Å². The minimum atomic E-state index is 0.658. The average molecular weight is 666 g/mol. The van der Waals surface area contributed by atoms with Crippen molar-refractivity contribution in [3.63, 3.8) is 0 Å². The molecule has 0 radical (unpaired) electrons. The molecule has 0 fully saturated rings. The fourth-order valence-electron chi connectivity index (χ4n) is 7.75. The Balaban J connectivity index is 1.26. The predicted octanol–water partition coefficient (Wildman–Crippen LogP) is 13.0. The lowest BCUT2D eigenvalue weighted by atomic mass is 9.95. The van der Waals surface area contributed by atoms with E-state index in [0.717, 1.165) is 27.5 Å². The fraction of sp³-hybridized carbons (Fsp3) is 0. The number of benzene rings is 9. The first-order chi connectivity index (χ1) is 25.2. The second-order valence-corrected chi connectivity index (χ2v) is 14.2. The van der Waals surface area contributed by atoms with Crippen LogP contribution in [0.2, 0.25) is 0 Å². The summed E-state index contributed by atoms with van der Waals surface area (Å²) >= 11 is 1.88. The van der Waals surface area contributed by atoms with Crippen LogP contribution in [0.15, 0.2) is 164 Å². The Bertz CT molecular complexity index is 3120. The van der Waals surface area contributed by atoms with Gasteiger partial charge in [-0.15, -0.1) is 11.3 Å². The van der Waals surface area contributed by atoms with Gasteiger partial charge in [0.2, 0.25) is 0 Å². The van der Waals surface area contributed by atoms with Gasteiger partial charge in [0.25, 0.3) is 0 Å². The number of thiophene rings is 1. The number of aromatic nitrogens is 3. The lowest BCUT2D eigenvalue weighted by Crippen LogP contribution is -2.01. The largest absolute Gasteiger partial charge is 0.208 e. The first-order valence-electron chi connectivity index (χ1n) is 17.2. The molecule has 0 N–H and O–H groups in total. The third-order valence-electron chi connectivity index (χ3n) is 10.2. The second-order valence-electron chi connectivity index (χ2n) is 13.2. The van der Waals surface area contributed by atoms with Gasteiger partial charge >= 0.3 is 0 Å². The van der Waals surface area contributed by atoms with Gasteiger partial charge in [0, 0.05) is 42.2 Å². The molecule has 0 saturated heterocycles. The van der Waals surface area contributed by atoms with E-state index in [4.69, 9.17) is 15.0 Å². The standard InChI is InChI=1S/C47H27N3S/c1-3-13-32-25-35(21-17-28(32)9-1)45-48-46(36-22-18-29-10-2-4-14-33(29)26-36)50-47(49-45)40-27-34-20-19-30-11-5-7-15-37(30)41(34)44-42(40)39-24-23-31-12-6-8-16-38(31)43(39)51-44/h1-27H. The molecule has 9 aromatic carbocycles. The van der Waals surface area contributed by atoms with Crippen LogP contribution in [0.5, 0.6) is 0 Å². The molecule has 0 bridgehead atoms. The molecule has 4 heteroatoms. The normalized spacial score (nSPS) is 11.9. The van der Waals surface area contributed by atoms with Crippen molar-refractivity contribution in [2.45, 2.75) is 0 Å². The summed E-state index contributed by atoms with van der Waals surface area (Å²) in [6.07, 6.45) is 0. The highest BCUT2D eigenvalue weighted by Gasteiger charge is 2.21. The molecule has 0 unspecified atom stereocenters. The summed E-state index contributed by atoms with van der Waals surface area (Å²) in [6, 6.07) is 58.5. The van der Waals surface area contributed by atoms with Crippen molar-refractivity contribution in [2.75, 3.05) is 0 Å². The first-order valence-corrected chi connectivity index (χ1v) is 18.0. The Morgan fingerprint density at radius 2 is 0.804 bits per heavy atom. The van der Waals surface area contributed by atoms with E-state index < -0.39 is 0 Å². The van der Waals surface area contributed by atoms with Gasteiger partial charge < -0.3 is 0 Å². The van der Waals surface area contributed by atoms with Crippen LogP contribution >= 0.6 is 11.3 Å². The quantitative estimate of drug-likeness (QED) is 0.176. The molecule has 0 spiro atoms. The van der Waals surface area contributed by atoms with Crippen molar-refractivity contribution in [2.24, 2.45) is 0 Å². The lowest BCUT2D eigenvalue weighted by molar-refractivity contribution is 1.08. The molecule has 0 amide bonds. The molecule has 0 aliphatic heterocycles. The Morgan fingerprint density at radius 3 is 1.47 bits per heavy atom.